The number of benzene rings is 2. The van der Waals surface area contributed by atoms with Crippen LogP contribution in [0.1, 0.15) is 10.4 Å². The van der Waals surface area contributed by atoms with Crippen LogP contribution in [0.3, 0.4) is 0 Å². The molecule has 0 aliphatic heterocycles. The molecule has 0 atom stereocenters. The van der Waals surface area contributed by atoms with Crippen molar-refractivity contribution in [3.8, 4) is 17.2 Å². The van der Waals surface area contributed by atoms with Crippen LogP contribution in [0, 0.1) is 5.82 Å². The van der Waals surface area contributed by atoms with Crippen molar-refractivity contribution in [3.63, 3.8) is 0 Å². The highest BCUT2D eigenvalue weighted by Gasteiger charge is 2.17. The van der Waals surface area contributed by atoms with E-state index in [1.165, 1.54) is 33.5 Å². The van der Waals surface area contributed by atoms with Gasteiger partial charge in [-0.2, -0.15) is 0 Å². The maximum Gasteiger partial charge on any atom is 0.340 e. The van der Waals surface area contributed by atoms with Crippen LogP contribution >= 0.6 is 0 Å². The molecule has 1 N–H and O–H groups in total. The van der Waals surface area contributed by atoms with E-state index >= 15 is 0 Å². The minimum atomic E-state index is -0.515. The number of halogens is 1. The Morgan fingerprint density at radius 3 is 2.36 bits per heavy atom. The average molecular weight is 349 g/mol. The summed E-state index contributed by atoms with van der Waals surface area (Å²) in [5.74, 6) is 0.107. The van der Waals surface area contributed by atoms with E-state index in [4.69, 9.17) is 18.9 Å². The summed E-state index contributed by atoms with van der Waals surface area (Å²) in [5, 5.41) is 3.06. The number of hydrogen-bond acceptors (Lipinski definition) is 6. The van der Waals surface area contributed by atoms with Gasteiger partial charge in [0.15, 0.2) is 23.1 Å². The monoisotopic (exact) mass is 349 g/mol. The average Bonchev–Trinajstić information content (AvgIpc) is 2.65. The molecule has 0 aromatic heterocycles. The number of para-hydroxylation sites is 1. The Bertz CT molecular complexity index is 735. The van der Waals surface area contributed by atoms with Gasteiger partial charge in [0.25, 0.3) is 0 Å². The Morgan fingerprint density at radius 2 is 1.72 bits per heavy atom. The van der Waals surface area contributed by atoms with Crippen molar-refractivity contribution in [2.75, 3.05) is 39.8 Å². The zero-order chi connectivity index (χ0) is 18.2. The Labute approximate surface area is 145 Å². The summed E-state index contributed by atoms with van der Waals surface area (Å²) in [5.41, 5.74) is 0.799. The van der Waals surface area contributed by atoms with Gasteiger partial charge in [-0.05, 0) is 12.1 Å². The van der Waals surface area contributed by atoms with Gasteiger partial charge < -0.3 is 24.3 Å². The minimum Gasteiger partial charge on any atom is -0.493 e. The number of nitrogens with one attached hydrogen (secondary N) is 1. The lowest BCUT2D eigenvalue weighted by Gasteiger charge is -2.15. The van der Waals surface area contributed by atoms with Gasteiger partial charge in [-0.25, -0.2) is 9.18 Å². The number of carbonyl (C=O) groups excluding carboxylic acids is 1. The fourth-order valence-corrected chi connectivity index (χ4v) is 2.21. The first-order valence-electron chi connectivity index (χ1n) is 7.56. The molecule has 0 fully saturated rings. The molecular formula is C18H20FNO5. The summed E-state index contributed by atoms with van der Waals surface area (Å²) in [4.78, 5) is 12.0. The second kappa shape index (κ2) is 8.77. The Balaban J connectivity index is 2.09. The van der Waals surface area contributed by atoms with Crippen LogP contribution in [0.15, 0.2) is 36.4 Å². The number of methoxy groups -OCH3 is 3. The van der Waals surface area contributed by atoms with Gasteiger partial charge in [0.1, 0.15) is 6.61 Å². The van der Waals surface area contributed by atoms with Gasteiger partial charge in [0, 0.05) is 18.7 Å². The van der Waals surface area contributed by atoms with Crippen molar-refractivity contribution >= 4 is 11.7 Å². The fourth-order valence-electron chi connectivity index (χ4n) is 2.21. The molecular weight excluding hydrogens is 329 g/mol. The molecule has 2 aromatic rings. The number of carbonyl (C=O) groups is 1. The van der Waals surface area contributed by atoms with E-state index in [1.807, 2.05) is 0 Å². The number of rotatable bonds is 8. The largest absolute Gasteiger partial charge is 0.493 e. The zero-order valence-electron chi connectivity index (χ0n) is 14.3. The first-order chi connectivity index (χ1) is 12.1. The van der Waals surface area contributed by atoms with Crippen molar-refractivity contribution in [1.29, 1.82) is 0 Å². The number of esters is 1. The number of hydrogen-bond donors (Lipinski definition) is 1. The quantitative estimate of drug-likeness (QED) is 0.583. The first-order valence-corrected chi connectivity index (χ1v) is 7.56. The van der Waals surface area contributed by atoms with Crippen molar-refractivity contribution in [3.05, 3.63) is 47.8 Å². The van der Waals surface area contributed by atoms with E-state index in [0.717, 1.165) is 0 Å². The molecule has 0 aliphatic rings. The standard InChI is InChI=1S/C18H20FNO5/c1-22-16-10-12(18(21)24-3)14(11-17(16)23-2)20-8-9-25-15-7-5-4-6-13(15)19/h4-7,10-11,20H,8-9H2,1-3H3. The molecule has 0 bridgehead atoms. The maximum absolute atomic E-state index is 13.5. The van der Waals surface area contributed by atoms with Crippen LogP contribution in [0.4, 0.5) is 10.1 Å². The van der Waals surface area contributed by atoms with E-state index in [2.05, 4.69) is 5.32 Å². The third kappa shape index (κ3) is 4.53. The topological polar surface area (TPSA) is 66.0 Å². The molecule has 0 spiro atoms. The van der Waals surface area contributed by atoms with Crippen LogP contribution in [-0.2, 0) is 4.74 Å². The fraction of sp³-hybridized carbons (Fsp3) is 0.278. The summed E-state index contributed by atoms with van der Waals surface area (Å²) >= 11 is 0. The van der Waals surface area contributed by atoms with E-state index < -0.39 is 11.8 Å². The summed E-state index contributed by atoms with van der Waals surface area (Å²) < 4.78 is 34.1. The first kappa shape index (κ1) is 18.4. The van der Waals surface area contributed by atoms with Gasteiger partial charge in [0.2, 0.25) is 0 Å². The minimum absolute atomic E-state index is 0.171. The highest BCUT2D eigenvalue weighted by Crippen LogP contribution is 2.33. The van der Waals surface area contributed by atoms with E-state index in [-0.39, 0.29) is 12.4 Å². The molecule has 0 unspecified atom stereocenters. The van der Waals surface area contributed by atoms with Gasteiger partial charge in [-0.15, -0.1) is 0 Å². The highest BCUT2D eigenvalue weighted by molar-refractivity contribution is 5.96. The normalized spacial score (nSPS) is 10.1. The third-order valence-electron chi connectivity index (χ3n) is 3.44. The van der Waals surface area contributed by atoms with Gasteiger partial charge in [-0.3, -0.25) is 0 Å². The van der Waals surface area contributed by atoms with Crippen molar-refractivity contribution in [2.45, 2.75) is 0 Å². The molecule has 2 aromatic carbocycles. The molecule has 2 rings (SSSR count). The van der Waals surface area contributed by atoms with Crippen molar-refractivity contribution < 1.29 is 28.1 Å². The van der Waals surface area contributed by atoms with Crippen LogP contribution in [0.2, 0.25) is 0 Å². The molecule has 0 saturated heterocycles. The molecule has 0 saturated carbocycles. The maximum atomic E-state index is 13.5. The lowest BCUT2D eigenvalue weighted by Crippen LogP contribution is -2.15. The predicted molar refractivity (Wildman–Crippen MR) is 91.3 cm³/mol. The van der Waals surface area contributed by atoms with Gasteiger partial charge in [0.05, 0.1) is 32.6 Å². The van der Waals surface area contributed by atoms with Gasteiger partial charge >= 0.3 is 5.97 Å². The zero-order valence-corrected chi connectivity index (χ0v) is 14.3. The van der Waals surface area contributed by atoms with Crippen molar-refractivity contribution in [2.24, 2.45) is 0 Å². The number of anilines is 1. The van der Waals surface area contributed by atoms with Crippen LogP contribution in [0.25, 0.3) is 0 Å². The summed E-state index contributed by atoms with van der Waals surface area (Å²) in [7, 11) is 4.28. The predicted octanol–water partition coefficient (Wildman–Crippen LogP) is 3.12. The molecule has 6 nitrogen and oxygen atoms in total. The van der Waals surface area contributed by atoms with Gasteiger partial charge in [-0.1, -0.05) is 12.1 Å². The lowest BCUT2D eigenvalue weighted by molar-refractivity contribution is 0.0601. The third-order valence-corrected chi connectivity index (χ3v) is 3.44. The Kier molecular flexibility index (Phi) is 6.45. The molecule has 0 aliphatic carbocycles. The Hall–Kier alpha value is -2.96. The molecule has 7 heteroatoms. The Morgan fingerprint density at radius 1 is 1.04 bits per heavy atom. The molecule has 134 valence electrons. The van der Waals surface area contributed by atoms with E-state index in [0.29, 0.717) is 29.3 Å². The van der Waals surface area contributed by atoms with E-state index in [1.54, 1.807) is 24.3 Å². The van der Waals surface area contributed by atoms with Crippen LogP contribution < -0.4 is 19.5 Å². The molecule has 0 heterocycles. The highest BCUT2D eigenvalue weighted by atomic mass is 19.1. The second-order valence-electron chi connectivity index (χ2n) is 4.95. The molecule has 25 heavy (non-hydrogen) atoms. The van der Waals surface area contributed by atoms with Crippen LogP contribution in [0.5, 0.6) is 17.2 Å². The number of ether oxygens (including phenoxy) is 4. The molecule has 0 radical (unpaired) electrons. The van der Waals surface area contributed by atoms with E-state index in [9.17, 15) is 9.18 Å². The van der Waals surface area contributed by atoms with Crippen molar-refractivity contribution in [1.82, 2.24) is 0 Å². The van der Waals surface area contributed by atoms with Crippen LogP contribution in [-0.4, -0.2) is 40.5 Å². The molecule has 0 amide bonds. The summed E-state index contributed by atoms with van der Waals surface area (Å²) in [6, 6.07) is 9.32. The lowest BCUT2D eigenvalue weighted by atomic mass is 10.1. The smallest absolute Gasteiger partial charge is 0.340 e. The SMILES string of the molecule is COC(=O)c1cc(OC)c(OC)cc1NCCOc1ccccc1F. The second-order valence-corrected chi connectivity index (χ2v) is 4.95. The summed E-state index contributed by atoms with van der Waals surface area (Å²) in [6.45, 7) is 0.545. The summed E-state index contributed by atoms with van der Waals surface area (Å²) in [6.07, 6.45) is 0.